The molecule has 2 N–H and O–H groups in total. The van der Waals surface area contributed by atoms with Crippen LogP contribution >= 0.6 is 23.2 Å². The fourth-order valence-electron chi connectivity index (χ4n) is 6.18. The van der Waals surface area contributed by atoms with E-state index in [9.17, 15) is 14.7 Å². The molecule has 48 heavy (non-hydrogen) atoms. The fraction of sp³-hybridized carbons (Fsp3) is 0.278. The molecular formula is C36H34Cl2N4O6. The van der Waals surface area contributed by atoms with E-state index in [4.69, 9.17) is 42.1 Å². The van der Waals surface area contributed by atoms with Gasteiger partial charge in [0.1, 0.15) is 17.3 Å². The Balaban J connectivity index is 1.26. The summed E-state index contributed by atoms with van der Waals surface area (Å²) in [6.07, 6.45) is 3.44. The highest BCUT2D eigenvalue weighted by atomic mass is 35.5. The molecule has 12 heteroatoms. The summed E-state index contributed by atoms with van der Waals surface area (Å²) in [4.78, 5) is 35.9. The molecule has 0 unspecified atom stereocenters. The second-order valence-electron chi connectivity index (χ2n) is 11.6. The molecule has 1 fully saturated rings. The lowest BCUT2D eigenvalue weighted by Gasteiger charge is -2.32. The quantitative estimate of drug-likeness (QED) is 0.140. The second kappa shape index (κ2) is 14.4. The molecule has 0 aliphatic carbocycles. The predicted molar refractivity (Wildman–Crippen MR) is 184 cm³/mol. The summed E-state index contributed by atoms with van der Waals surface area (Å²) in [7, 11) is 3.05. The van der Waals surface area contributed by atoms with Crippen LogP contribution < -0.4 is 5.32 Å². The van der Waals surface area contributed by atoms with E-state index in [-0.39, 0.29) is 5.69 Å². The molecule has 0 saturated carbocycles. The lowest BCUT2D eigenvalue weighted by molar-refractivity contribution is -0.144. The minimum absolute atomic E-state index is 0.208. The number of nitrogens with zero attached hydrogens (tertiary/aromatic N) is 3. The summed E-state index contributed by atoms with van der Waals surface area (Å²) < 4.78 is 16.7. The maximum atomic E-state index is 13.1. The SMILES string of the molecule is COC(OC)c1ccc(C(=O)Nc2cccc(-c3cccc(-c4nc5cc(CN6CCCC[C@H]6C(=O)O)cc(Cl)c5o4)c3C)c2Cl)nc1. The lowest BCUT2D eigenvalue weighted by atomic mass is 9.96. The van der Waals surface area contributed by atoms with Crippen LogP contribution in [0.2, 0.25) is 10.0 Å². The fourth-order valence-corrected chi connectivity index (χ4v) is 6.73. The molecule has 1 aliphatic rings. The minimum Gasteiger partial charge on any atom is -0.480 e. The molecule has 6 rings (SSSR count). The Morgan fingerprint density at radius 2 is 1.79 bits per heavy atom. The van der Waals surface area contributed by atoms with Gasteiger partial charge < -0.3 is 24.3 Å². The Bertz CT molecular complexity index is 1980. The molecule has 3 aromatic carbocycles. The van der Waals surface area contributed by atoms with Gasteiger partial charge in [-0.05, 0) is 73.3 Å². The smallest absolute Gasteiger partial charge is 0.320 e. The average molecular weight is 690 g/mol. The zero-order valence-corrected chi connectivity index (χ0v) is 28.1. The topological polar surface area (TPSA) is 127 Å². The molecule has 5 aromatic rings. The molecule has 248 valence electrons. The lowest BCUT2D eigenvalue weighted by Crippen LogP contribution is -2.43. The van der Waals surface area contributed by atoms with Crippen LogP contribution in [0.15, 0.2) is 71.3 Å². The van der Waals surface area contributed by atoms with Gasteiger partial charge in [0.15, 0.2) is 11.9 Å². The second-order valence-corrected chi connectivity index (χ2v) is 12.4. The van der Waals surface area contributed by atoms with Crippen molar-refractivity contribution in [2.75, 3.05) is 26.1 Å². The van der Waals surface area contributed by atoms with Gasteiger partial charge in [0.05, 0.1) is 15.7 Å². The van der Waals surface area contributed by atoms with Crippen LogP contribution in [0.5, 0.6) is 0 Å². The van der Waals surface area contributed by atoms with E-state index in [1.807, 2.05) is 54.3 Å². The first kappa shape index (κ1) is 33.6. The highest BCUT2D eigenvalue weighted by Crippen LogP contribution is 2.40. The summed E-state index contributed by atoms with van der Waals surface area (Å²) >= 11 is 13.6. The van der Waals surface area contributed by atoms with Crippen molar-refractivity contribution < 1.29 is 28.6 Å². The van der Waals surface area contributed by atoms with E-state index in [0.29, 0.717) is 63.4 Å². The Morgan fingerprint density at radius 1 is 1.04 bits per heavy atom. The van der Waals surface area contributed by atoms with E-state index < -0.39 is 24.2 Å². The Morgan fingerprint density at radius 3 is 2.52 bits per heavy atom. The number of carboxylic acids is 1. The highest BCUT2D eigenvalue weighted by molar-refractivity contribution is 6.36. The van der Waals surface area contributed by atoms with Crippen LogP contribution in [-0.2, 0) is 20.8 Å². The number of carbonyl (C=O) groups excluding carboxylic acids is 1. The van der Waals surface area contributed by atoms with Crippen molar-refractivity contribution in [2.45, 2.75) is 45.1 Å². The largest absolute Gasteiger partial charge is 0.480 e. The van der Waals surface area contributed by atoms with Gasteiger partial charge in [-0.25, -0.2) is 4.98 Å². The Hall–Kier alpha value is -4.32. The molecule has 2 aromatic heterocycles. The number of oxazole rings is 1. The number of aromatic nitrogens is 2. The van der Waals surface area contributed by atoms with Crippen LogP contribution in [0.25, 0.3) is 33.7 Å². The van der Waals surface area contributed by atoms with E-state index >= 15 is 0 Å². The number of nitrogens with one attached hydrogen (secondary N) is 1. The first-order valence-electron chi connectivity index (χ1n) is 15.5. The molecule has 0 spiro atoms. The highest BCUT2D eigenvalue weighted by Gasteiger charge is 2.29. The van der Waals surface area contributed by atoms with Gasteiger partial charge in [-0.15, -0.1) is 0 Å². The Labute approximate surface area is 287 Å². The summed E-state index contributed by atoms with van der Waals surface area (Å²) in [6.45, 7) is 3.12. The van der Waals surface area contributed by atoms with Crippen LogP contribution in [0.4, 0.5) is 5.69 Å². The standard InChI is InChI=1S/C36H34Cl2N4O6/c1-20-23(25-10-7-11-27(31(25)38)40-33(43)28-14-13-22(18-39-28)36(46-2)47-3)8-6-9-24(20)34-41-29-17-21(16-26(37)32(29)48-34)19-42-15-5-4-12-30(42)35(44)45/h6-11,13-14,16-18,30,36H,4-5,12,15,19H2,1-3H3,(H,40,43)(H,44,45)/t30-/m0/s1. The third-order valence-corrected chi connectivity index (χ3v) is 9.30. The normalized spacial score (nSPS) is 15.2. The molecule has 1 saturated heterocycles. The number of likely N-dealkylation sites (tertiary alicyclic amines) is 1. The van der Waals surface area contributed by atoms with Crippen molar-refractivity contribution in [2.24, 2.45) is 0 Å². The van der Waals surface area contributed by atoms with Crippen molar-refractivity contribution in [3.8, 4) is 22.6 Å². The first-order valence-corrected chi connectivity index (χ1v) is 16.2. The number of piperidine rings is 1. The molecule has 1 aliphatic heterocycles. The number of amides is 1. The van der Waals surface area contributed by atoms with Crippen molar-refractivity contribution in [1.82, 2.24) is 14.9 Å². The molecule has 0 radical (unpaired) electrons. The van der Waals surface area contributed by atoms with E-state index in [1.165, 1.54) is 20.4 Å². The van der Waals surface area contributed by atoms with Gasteiger partial charge >= 0.3 is 5.97 Å². The molecule has 0 bridgehead atoms. The Kier molecular flexibility index (Phi) is 10.1. The number of aliphatic carboxylic acids is 1. The van der Waals surface area contributed by atoms with Crippen molar-refractivity contribution >= 4 is 51.9 Å². The van der Waals surface area contributed by atoms with E-state index in [2.05, 4.69) is 10.3 Å². The zero-order valence-electron chi connectivity index (χ0n) is 26.6. The van der Waals surface area contributed by atoms with Gasteiger partial charge in [0, 0.05) is 43.7 Å². The molecule has 3 heterocycles. The summed E-state index contributed by atoms with van der Waals surface area (Å²) in [5.41, 5.74) is 6.41. The summed E-state index contributed by atoms with van der Waals surface area (Å²) in [5.74, 6) is -0.831. The zero-order chi connectivity index (χ0) is 33.9. The molecule has 1 amide bonds. The number of hydrogen-bond acceptors (Lipinski definition) is 8. The van der Waals surface area contributed by atoms with E-state index in [0.717, 1.165) is 35.1 Å². The van der Waals surface area contributed by atoms with Gasteiger partial charge in [0.25, 0.3) is 5.91 Å². The average Bonchev–Trinajstić information content (AvgIpc) is 3.51. The molecule has 1 atom stereocenters. The number of ether oxygens (including phenoxy) is 2. The maximum absolute atomic E-state index is 13.1. The third kappa shape index (κ3) is 6.80. The number of methoxy groups -OCH3 is 2. The number of fused-ring (bicyclic) bond motifs is 1. The van der Waals surface area contributed by atoms with Crippen LogP contribution in [-0.4, -0.2) is 58.7 Å². The van der Waals surface area contributed by atoms with Crippen LogP contribution in [0.3, 0.4) is 0 Å². The van der Waals surface area contributed by atoms with Gasteiger partial charge in [-0.2, -0.15) is 0 Å². The molecular weight excluding hydrogens is 655 g/mol. The predicted octanol–water partition coefficient (Wildman–Crippen LogP) is 8.15. The van der Waals surface area contributed by atoms with E-state index in [1.54, 1.807) is 18.2 Å². The maximum Gasteiger partial charge on any atom is 0.320 e. The number of pyridine rings is 1. The first-order chi connectivity index (χ1) is 23.2. The van der Waals surface area contributed by atoms with Gasteiger partial charge in [-0.1, -0.05) is 60.0 Å². The van der Waals surface area contributed by atoms with Crippen molar-refractivity contribution in [1.29, 1.82) is 0 Å². The number of anilines is 1. The summed E-state index contributed by atoms with van der Waals surface area (Å²) in [6, 6.07) is 17.7. The monoisotopic (exact) mass is 688 g/mol. The summed E-state index contributed by atoms with van der Waals surface area (Å²) in [5, 5.41) is 13.3. The number of halogens is 2. The minimum atomic E-state index is -0.806. The van der Waals surface area contributed by atoms with Crippen molar-refractivity contribution in [3.05, 3.63) is 99.3 Å². The van der Waals surface area contributed by atoms with Gasteiger partial charge in [0.2, 0.25) is 5.89 Å². The number of carboxylic acid groups (broad SMARTS) is 1. The van der Waals surface area contributed by atoms with Crippen molar-refractivity contribution in [3.63, 3.8) is 0 Å². The van der Waals surface area contributed by atoms with Crippen LogP contribution in [0, 0.1) is 6.92 Å². The van der Waals surface area contributed by atoms with Gasteiger partial charge in [-0.3, -0.25) is 19.5 Å². The molecule has 10 nitrogen and oxygen atoms in total. The number of benzene rings is 3. The van der Waals surface area contributed by atoms with Crippen LogP contribution in [0.1, 0.15) is 52.7 Å². The number of rotatable bonds is 10. The number of hydrogen-bond donors (Lipinski definition) is 2. The number of carbonyl (C=O) groups is 2. The third-order valence-electron chi connectivity index (χ3n) is 8.61.